The quantitative estimate of drug-likeness (QED) is 0.593. The molecule has 126 valence electrons. The van der Waals surface area contributed by atoms with E-state index in [2.05, 4.69) is 29.3 Å². The molecule has 1 N–H and O–H groups in total. The van der Waals surface area contributed by atoms with Crippen molar-refractivity contribution in [2.75, 3.05) is 0 Å². The van der Waals surface area contributed by atoms with Gasteiger partial charge in [-0.15, -0.1) is 0 Å². The molecule has 0 aliphatic carbocycles. The van der Waals surface area contributed by atoms with Crippen LogP contribution in [0.5, 0.6) is 0 Å². The molecule has 0 aliphatic heterocycles. The van der Waals surface area contributed by atoms with Crippen LogP contribution in [0.1, 0.15) is 22.5 Å². The van der Waals surface area contributed by atoms with E-state index in [1.807, 2.05) is 42.8 Å². The molecule has 0 fully saturated rings. The zero-order chi connectivity index (χ0) is 17.6. The topological polar surface area (TPSA) is 59.4 Å². The van der Waals surface area contributed by atoms with Crippen molar-refractivity contribution in [2.45, 2.75) is 27.3 Å². The van der Waals surface area contributed by atoms with Gasteiger partial charge in [-0.25, -0.2) is 9.67 Å². The molecule has 1 aromatic carbocycles. The first-order valence-corrected chi connectivity index (χ1v) is 8.52. The number of benzene rings is 1. The van der Waals surface area contributed by atoms with Crippen LogP contribution in [0.15, 0.2) is 36.4 Å². The smallest absolute Gasteiger partial charge is 0.159 e. The summed E-state index contributed by atoms with van der Waals surface area (Å²) in [7, 11) is 0. The molecule has 0 saturated carbocycles. The average molecular weight is 352 g/mol. The second kappa shape index (κ2) is 6.01. The number of H-pyrrole nitrogens is 1. The van der Waals surface area contributed by atoms with Crippen molar-refractivity contribution in [3.8, 4) is 11.4 Å². The van der Waals surface area contributed by atoms with Gasteiger partial charge in [0.1, 0.15) is 5.69 Å². The number of aryl methyl sites for hydroxylation is 3. The predicted octanol–water partition coefficient (Wildman–Crippen LogP) is 4.45. The molecular weight excluding hydrogens is 334 g/mol. The van der Waals surface area contributed by atoms with Crippen molar-refractivity contribution in [1.82, 2.24) is 25.0 Å². The minimum Gasteiger partial charge on any atom is -0.281 e. The van der Waals surface area contributed by atoms with Crippen LogP contribution < -0.4 is 0 Å². The molecule has 0 radical (unpaired) electrons. The molecule has 4 rings (SSSR count). The first kappa shape index (κ1) is 15.8. The Balaban J connectivity index is 1.89. The minimum atomic E-state index is 0.608. The maximum absolute atomic E-state index is 6.37. The summed E-state index contributed by atoms with van der Waals surface area (Å²) in [5.74, 6) is 0. The van der Waals surface area contributed by atoms with Crippen molar-refractivity contribution in [3.05, 3.63) is 63.9 Å². The van der Waals surface area contributed by atoms with E-state index in [-0.39, 0.29) is 0 Å². The van der Waals surface area contributed by atoms with Gasteiger partial charge < -0.3 is 0 Å². The van der Waals surface area contributed by atoms with Crippen LogP contribution >= 0.6 is 11.6 Å². The number of aromatic nitrogens is 5. The minimum absolute atomic E-state index is 0.608. The largest absolute Gasteiger partial charge is 0.281 e. The zero-order valence-corrected chi connectivity index (χ0v) is 15.1. The third kappa shape index (κ3) is 2.70. The molecule has 25 heavy (non-hydrogen) atoms. The van der Waals surface area contributed by atoms with Crippen molar-refractivity contribution < 1.29 is 0 Å². The van der Waals surface area contributed by atoms with E-state index in [1.165, 1.54) is 5.56 Å². The summed E-state index contributed by atoms with van der Waals surface area (Å²) in [6, 6.07) is 12.3. The van der Waals surface area contributed by atoms with Crippen molar-refractivity contribution in [2.24, 2.45) is 0 Å². The number of aromatic amines is 1. The van der Waals surface area contributed by atoms with Gasteiger partial charge in [0.25, 0.3) is 0 Å². The lowest BCUT2D eigenvalue weighted by atomic mass is 10.1. The fraction of sp³-hybridized carbons (Fsp3) is 0.211. The zero-order valence-electron chi connectivity index (χ0n) is 14.3. The highest BCUT2D eigenvalue weighted by atomic mass is 35.5. The van der Waals surface area contributed by atoms with Crippen LogP contribution in [0, 0.1) is 20.8 Å². The van der Waals surface area contributed by atoms with Crippen LogP contribution in [0.25, 0.3) is 22.4 Å². The molecule has 3 heterocycles. The fourth-order valence-corrected chi connectivity index (χ4v) is 3.32. The van der Waals surface area contributed by atoms with E-state index in [1.54, 1.807) is 0 Å². The molecule has 0 saturated heterocycles. The Morgan fingerprint density at radius 1 is 1.12 bits per heavy atom. The summed E-state index contributed by atoms with van der Waals surface area (Å²) in [6.45, 7) is 6.66. The van der Waals surface area contributed by atoms with Crippen LogP contribution in [0.2, 0.25) is 5.02 Å². The maximum Gasteiger partial charge on any atom is 0.159 e. The maximum atomic E-state index is 6.37. The summed E-state index contributed by atoms with van der Waals surface area (Å²) < 4.78 is 1.95. The Hall–Kier alpha value is -2.66. The summed E-state index contributed by atoms with van der Waals surface area (Å²) in [4.78, 5) is 4.83. The summed E-state index contributed by atoms with van der Waals surface area (Å²) in [5, 5.41) is 13.6. The van der Waals surface area contributed by atoms with E-state index in [0.717, 1.165) is 33.7 Å². The molecule has 3 aromatic heterocycles. The Morgan fingerprint density at radius 2 is 1.88 bits per heavy atom. The number of hydrogen-bond donors (Lipinski definition) is 1. The molecule has 0 aliphatic rings. The van der Waals surface area contributed by atoms with Crippen LogP contribution in [-0.2, 0) is 6.54 Å². The van der Waals surface area contributed by atoms with Gasteiger partial charge in [0, 0.05) is 5.39 Å². The van der Waals surface area contributed by atoms with Crippen LogP contribution in [0.3, 0.4) is 0 Å². The van der Waals surface area contributed by atoms with Crippen LogP contribution in [0.4, 0.5) is 0 Å². The predicted molar refractivity (Wildman–Crippen MR) is 99.9 cm³/mol. The Labute approximate surface area is 150 Å². The molecule has 0 atom stereocenters. The average Bonchev–Trinajstić information content (AvgIpc) is 3.09. The third-order valence-electron chi connectivity index (χ3n) is 4.36. The standard InChI is InChI=1S/C19H18ClN5/c1-11-9-15(18-17(20)13(3)22-23-18)21-19-16(11)12(2)24-25(19)10-14-7-5-4-6-8-14/h4-9H,10H2,1-3H3,(H,22,23). The molecule has 0 amide bonds. The summed E-state index contributed by atoms with van der Waals surface area (Å²) in [5.41, 5.74) is 6.41. The van der Waals surface area contributed by atoms with Gasteiger partial charge in [-0.2, -0.15) is 10.2 Å². The van der Waals surface area contributed by atoms with E-state index >= 15 is 0 Å². The first-order chi connectivity index (χ1) is 12.0. The summed E-state index contributed by atoms with van der Waals surface area (Å²) >= 11 is 6.37. The molecule has 0 spiro atoms. The highest BCUT2D eigenvalue weighted by Crippen LogP contribution is 2.30. The monoisotopic (exact) mass is 351 g/mol. The van der Waals surface area contributed by atoms with Crippen molar-refractivity contribution in [1.29, 1.82) is 0 Å². The van der Waals surface area contributed by atoms with Gasteiger partial charge in [-0.05, 0) is 38.0 Å². The Morgan fingerprint density at radius 3 is 2.56 bits per heavy atom. The number of rotatable bonds is 3. The van der Waals surface area contributed by atoms with Gasteiger partial charge >= 0.3 is 0 Å². The van der Waals surface area contributed by atoms with Crippen molar-refractivity contribution >= 4 is 22.6 Å². The second-order valence-corrected chi connectivity index (χ2v) is 6.64. The van der Waals surface area contributed by atoms with E-state index in [0.29, 0.717) is 17.3 Å². The van der Waals surface area contributed by atoms with Gasteiger partial charge in [0.2, 0.25) is 0 Å². The number of nitrogens with zero attached hydrogens (tertiary/aromatic N) is 4. The normalized spacial score (nSPS) is 11.4. The van der Waals surface area contributed by atoms with Gasteiger partial charge in [0.15, 0.2) is 5.65 Å². The molecular formula is C19H18ClN5. The number of nitrogens with one attached hydrogen (secondary N) is 1. The first-order valence-electron chi connectivity index (χ1n) is 8.14. The summed E-state index contributed by atoms with van der Waals surface area (Å²) in [6.07, 6.45) is 0. The third-order valence-corrected chi connectivity index (χ3v) is 4.83. The Kier molecular flexibility index (Phi) is 3.81. The van der Waals surface area contributed by atoms with Gasteiger partial charge in [-0.3, -0.25) is 5.10 Å². The molecule has 0 unspecified atom stereocenters. The molecule has 0 bridgehead atoms. The lowest BCUT2D eigenvalue weighted by Gasteiger charge is -2.06. The van der Waals surface area contributed by atoms with Gasteiger partial charge in [-0.1, -0.05) is 41.9 Å². The molecule has 4 aromatic rings. The Bertz CT molecular complexity index is 1060. The number of hydrogen-bond acceptors (Lipinski definition) is 3. The van der Waals surface area contributed by atoms with Gasteiger partial charge in [0.05, 0.1) is 28.6 Å². The van der Waals surface area contributed by atoms with Crippen LogP contribution in [-0.4, -0.2) is 25.0 Å². The molecule has 6 heteroatoms. The van der Waals surface area contributed by atoms with E-state index in [4.69, 9.17) is 21.7 Å². The highest BCUT2D eigenvalue weighted by Gasteiger charge is 2.17. The SMILES string of the molecule is Cc1[nH]nc(-c2cc(C)c3c(C)nn(Cc4ccccc4)c3n2)c1Cl. The van der Waals surface area contributed by atoms with Crippen molar-refractivity contribution in [3.63, 3.8) is 0 Å². The number of fused-ring (bicyclic) bond motifs is 1. The lowest BCUT2D eigenvalue weighted by molar-refractivity contribution is 0.696. The molecule has 5 nitrogen and oxygen atoms in total. The van der Waals surface area contributed by atoms with E-state index in [9.17, 15) is 0 Å². The fourth-order valence-electron chi connectivity index (χ4n) is 3.14. The second-order valence-electron chi connectivity index (χ2n) is 6.26. The lowest BCUT2D eigenvalue weighted by Crippen LogP contribution is -2.03. The number of pyridine rings is 1. The van der Waals surface area contributed by atoms with E-state index < -0.39 is 0 Å². The highest BCUT2D eigenvalue weighted by molar-refractivity contribution is 6.33. The number of halogens is 1.